The van der Waals surface area contributed by atoms with E-state index >= 15 is 0 Å². The largest absolute Gasteiger partial charge is 0.343 e. The summed E-state index contributed by atoms with van der Waals surface area (Å²) in [4.78, 5) is 35.1. The second-order valence-corrected chi connectivity index (χ2v) is 10.8. The molecule has 196 valence electrons. The molecule has 0 saturated carbocycles. The molecule has 6 heteroatoms. The number of carbonyl (C=O) groups excluding carboxylic acids is 2. The molecule has 3 heterocycles. The first-order chi connectivity index (χ1) is 17.5. The van der Waals surface area contributed by atoms with E-state index in [0.717, 1.165) is 70.5 Å². The van der Waals surface area contributed by atoms with Gasteiger partial charge in [0.25, 0.3) is 0 Å². The number of piperidine rings is 2. The van der Waals surface area contributed by atoms with Crippen molar-refractivity contribution in [3.05, 3.63) is 47.5 Å². The summed E-state index contributed by atoms with van der Waals surface area (Å²) in [5.74, 6) is 0.548. The van der Waals surface area contributed by atoms with E-state index in [1.807, 2.05) is 29.3 Å². The number of Topliss-reactive ketones (excluding diaryl/α,β-unsaturated/α-hetero) is 1. The highest BCUT2D eigenvalue weighted by molar-refractivity contribution is 5.97. The van der Waals surface area contributed by atoms with Gasteiger partial charge in [0.1, 0.15) is 0 Å². The first kappa shape index (κ1) is 26.7. The van der Waals surface area contributed by atoms with Crippen LogP contribution in [0.4, 0.5) is 0 Å². The molecule has 4 rings (SSSR count). The van der Waals surface area contributed by atoms with Crippen molar-refractivity contribution in [2.24, 2.45) is 10.9 Å². The Bertz CT molecular complexity index is 917. The van der Waals surface area contributed by atoms with Crippen LogP contribution in [0.1, 0.15) is 81.1 Å². The van der Waals surface area contributed by atoms with Crippen molar-refractivity contribution in [3.8, 4) is 0 Å². The molecule has 3 aliphatic heterocycles. The molecule has 0 aliphatic carbocycles. The number of nitrogens with zero attached hydrogens (tertiary/aromatic N) is 3. The SMILES string of the molecule is CCN(CC)C(=O)C1CCCN(Cc2ccc(C(=O)CC3(CCC4CCCCN4)C=CC=N3)cc2)C1. The third kappa shape index (κ3) is 6.92. The van der Waals surface area contributed by atoms with E-state index in [-0.39, 0.29) is 11.7 Å². The number of allylic oxidation sites excluding steroid dienone is 1. The number of hydrogen-bond acceptors (Lipinski definition) is 5. The Kier molecular flexibility index (Phi) is 9.49. The number of benzene rings is 1. The van der Waals surface area contributed by atoms with Crippen molar-refractivity contribution in [1.29, 1.82) is 0 Å². The van der Waals surface area contributed by atoms with Gasteiger partial charge < -0.3 is 10.2 Å². The lowest BCUT2D eigenvalue weighted by molar-refractivity contribution is -0.137. The molecule has 0 bridgehead atoms. The molecule has 36 heavy (non-hydrogen) atoms. The second kappa shape index (κ2) is 12.8. The summed E-state index contributed by atoms with van der Waals surface area (Å²) in [6, 6.07) is 8.65. The molecule has 0 spiro atoms. The Morgan fingerprint density at radius 1 is 1.11 bits per heavy atom. The molecule has 0 aromatic heterocycles. The highest BCUT2D eigenvalue weighted by Gasteiger charge is 2.32. The Morgan fingerprint density at radius 2 is 1.92 bits per heavy atom. The molecule has 1 aromatic rings. The van der Waals surface area contributed by atoms with Crippen LogP contribution >= 0.6 is 0 Å². The van der Waals surface area contributed by atoms with Crippen LogP contribution in [-0.2, 0) is 11.3 Å². The lowest BCUT2D eigenvalue weighted by atomic mass is 9.84. The quantitative estimate of drug-likeness (QED) is 0.457. The number of carbonyl (C=O) groups is 2. The predicted molar refractivity (Wildman–Crippen MR) is 147 cm³/mol. The van der Waals surface area contributed by atoms with E-state index in [1.165, 1.54) is 24.8 Å². The Labute approximate surface area is 217 Å². The minimum atomic E-state index is -0.394. The topological polar surface area (TPSA) is 65.0 Å². The Balaban J connectivity index is 1.31. The van der Waals surface area contributed by atoms with E-state index in [2.05, 4.69) is 42.3 Å². The van der Waals surface area contributed by atoms with Crippen LogP contribution in [0, 0.1) is 5.92 Å². The van der Waals surface area contributed by atoms with Gasteiger partial charge in [-0.1, -0.05) is 36.8 Å². The van der Waals surface area contributed by atoms with Crippen molar-refractivity contribution >= 4 is 17.9 Å². The van der Waals surface area contributed by atoms with Crippen LogP contribution in [0.2, 0.25) is 0 Å². The first-order valence-electron chi connectivity index (χ1n) is 14.1. The van der Waals surface area contributed by atoms with Crippen molar-refractivity contribution < 1.29 is 9.59 Å². The van der Waals surface area contributed by atoms with Gasteiger partial charge in [-0.2, -0.15) is 0 Å². The molecule has 3 aliphatic rings. The van der Waals surface area contributed by atoms with Crippen LogP contribution in [0.5, 0.6) is 0 Å². The summed E-state index contributed by atoms with van der Waals surface area (Å²) < 4.78 is 0. The van der Waals surface area contributed by atoms with Crippen molar-refractivity contribution in [2.45, 2.75) is 83.3 Å². The van der Waals surface area contributed by atoms with Gasteiger partial charge in [-0.05, 0) is 77.1 Å². The predicted octanol–water partition coefficient (Wildman–Crippen LogP) is 4.64. The zero-order valence-corrected chi connectivity index (χ0v) is 22.3. The first-order valence-corrected chi connectivity index (χ1v) is 14.1. The lowest BCUT2D eigenvalue weighted by Crippen LogP contribution is -2.44. The zero-order valence-electron chi connectivity index (χ0n) is 22.3. The smallest absolute Gasteiger partial charge is 0.226 e. The summed E-state index contributed by atoms with van der Waals surface area (Å²) in [7, 11) is 0. The molecule has 1 aromatic carbocycles. The number of ketones is 1. The maximum absolute atomic E-state index is 13.2. The molecular formula is C30H44N4O2. The van der Waals surface area contributed by atoms with Gasteiger partial charge in [-0.3, -0.25) is 19.5 Å². The van der Waals surface area contributed by atoms with Gasteiger partial charge >= 0.3 is 0 Å². The number of amides is 1. The van der Waals surface area contributed by atoms with E-state index < -0.39 is 5.54 Å². The van der Waals surface area contributed by atoms with Crippen molar-refractivity contribution in [1.82, 2.24) is 15.1 Å². The van der Waals surface area contributed by atoms with Crippen LogP contribution < -0.4 is 5.32 Å². The number of nitrogens with one attached hydrogen (secondary N) is 1. The molecule has 6 nitrogen and oxygen atoms in total. The van der Waals surface area contributed by atoms with Gasteiger partial charge in [0.15, 0.2) is 5.78 Å². The van der Waals surface area contributed by atoms with Gasteiger partial charge in [-0.15, -0.1) is 0 Å². The maximum atomic E-state index is 13.2. The fourth-order valence-electron chi connectivity index (χ4n) is 6.02. The van der Waals surface area contributed by atoms with Crippen LogP contribution in [-0.4, -0.2) is 72.0 Å². The standard InChI is InChI=1S/C30H44N4O2/c1-3-34(4-2)29(36)26-9-7-20-33(23-26)22-24-11-13-25(14-12-24)28(35)21-30(16-8-19-32-30)17-15-27-10-5-6-18-31-27/h8,11-14,16,19,26-27,31H,3-7,9-10,15,17-18,20-23H2,1-2H3. The molecule has 2 saturated heterocycles. The number of rotatable bonds is 11. The van der Waals surface area contributed by atoms with Gasteiger partial charge in [-0.25, -0.2) is 0 Å². The van der Waals surface area contributed by atoms with E-state index in [1.54, 1.807) is 0 Å². The zero-order chi connectivity index (χ0) is 25.4. The van der Waals surface area contributed by atoms with Gasteiger partial charge in [0.2, 0.25) is 5.91 Å². The highest BCUT2D eigenvalue weighted by atomic mass is 16.2. The maximum Gasteiger partial charge on any atom is 0.226 e. The van der Waals surface area contributed by atoms with Crippen LogP contribution in [0.15, 0.2) is 41.4 Å². The third-order valence-corrected chi connectivity index (χ3v) is 8.24. The van der Waals surface area contributed by atoms with Crippen LogP contribution in [0.3, 0.4) is 0 Å². The fraction of sp³-hybridized carbons (Fsp3) is 0.633. The third-order valence-electron chi connectivity index (χ3n) is 8.24. The van der Waals surface area contributed by atoms with Gasteiger partial charge in [0, 0.05) is 50.4 Å². The second-order valence-electron chi connectivity index (χ2n) is 10.8. The van der Waals surface area contributed by atoms with Crippen molar-refractivity contribution in [2.75, 3.05) is 32.7 Å². The molecule has 1 amide bonds. The normalized spacial score (nSPS) is 26.3. The average molecular weight is 493 g/mol. The molecule has 1 N–H and O–H groups in total. The minimum Gasteiger partial charge on any atom is -0.343 e. The summed E-state index contributed by atoms with van der Waals surface area (Å²) in [5.41, 5.74) is 1.56. The Morgan fingerprint density at radius 3 is 2.58 bits per heavy atom. The number of aliphatic imine (C=N–C) groups is 1. The fourth-order valence-corrected chi connectivity index (χ4v) is 6.02. The molecule has 3 atom stereocenters. The average Bonchev–Trinajstić information content (AvgIpc) is 3.38. The highest BCUT2D eigenvalue weighted by Crippen LogP contribution is 2.31. The summed E-state index contributed by atoms with van der Waals surface area (Å²) in [6.45, 7) is 9.42. The lowest BCUT2D eigenvalue weighted by Gasteiger charge is -2.34. The summed E-state index contributed by atoms with van der Waals surface area (Å²) >= 11 is 0. The minimum absolute atomic E-state index is 0.0968. The molecule has 0 radical (unpaired) electrons. The molecular weight excluding hydrogens is 448 g/mol. The summed E-state index contributed by atoms with van der Waals surface area (Å²) in [5, 5.41) is 3.62. The van der Waals surface area contributed by atoms with E-state index in [9.17, 15) is 9.59 Å². The summed E-state index contributed by atoms with van der Waals surface area (Å²) in [6.07, 6.45) is 14.2. The number of likely N-dealkylation sites (tertiary alicyclic amines) is 1. The van der Waals surface area contributed by atoms with E-state index in [0.29, 0.717) is 18.4 Å². The van der Waals surface area contributed by atoms with Crippen LogP contribution in [0.25, 0.3) is 0 Å². The molecule has 2 fully saturated rings. The molecule has 3 unspecified atom stereocenters. The van der Waals surface area contributed by atoms with E-state index in [4.69, 9.17) is 4.99 Å². The monoisotopic (exact) mass is 492 g/mol. The number of hydrogen-bond donors (Lipinski definition) is 1. The van der Waals surface area contributed by atoms with Crippen molar-refractivity contribution in [3.63, 3.8) is 0 Å². The Hall–Kier alpha value is -2.31. The van der Waals surface area contributed by atoms with Gasteiger partial charge in [0.05, 0.1) is 11.5 Å².